The lowest BCUT2D eigenvalue weighted by Gasteiger charge is -2.54. The molecule has 202 valence electrons. The Hall–Kier alpha value is -1.22. The minimum Gasteiger partial charge on any atom is -0.349 e. The van der Waals surface area contributed by atoms with Crippen molar-refractivity contribution in [3.05, 3.63) is 0 Å². The molecular formula is C28H46N4O4. The van der Waals surface area contributed by atoms with E-state index < -0.39 is 0 Å². The molecule has 4 atom stereocenters. The number of nitrogens with one attached hydrogen (secondary N) is 4. The van der Waals surface area contributed by atoms with Gasteiger partial charge < -0.3 is 20.1 Å². The Bertz CT molecular complexity index is 719. The molecule has 5 saturated carbocycles. The second-order valence-electron chi connectivity index (χ2n) is 12.7. The highest BCUT2D eigenvalue weighted by atomic mass is 16.5. The molecule has 7 aliphatic rings. The molecule has 2 amide bonds. The summed E-state index contributed by atoms with van der Waals surface area (Å²) in [6.45, 7) is 1.22. The summed E-state index contributed by atoms with van der Waals surface area (Å²) in [5.74, 6) is 1.16. The van der Waals surface area contributed by atoms with Crippen molar-refractivity contribution in [2.24, 2.45) is 11.8 Å². The molecule has 5 aliphatic carbocycles. The van der Waals surface area contributed by atoms with Crippen LogP contribution in [0, 0.1) is 11.8 Å². The van der Waals surface area contributed by atoms with Crippen LogP contribution in [0.2, 0.25) is 0 Å². The molecule has 4 N–H and O–H groups in total. The Morgan fingerprint density at radius 1 is 0.583 bits per heavy atom. The fourth-order valence-corrected chi connectivity index (χ4v) is 7.98. The number of ether oxygens (including phenoxy) is 2. The first-order chi connectivity index (χ1) is 17.5. The van der Waals surface area contributed by atoms with Gasteiger partial charge in [-0.05, 0) is 76.0 Å². The fraction of sp³-hybridized carbons (Fsp3) is 0.929. The van der Waals surface area contributed by atoms with Crippen LogP contribution in [0.4, 0.5) is 0 Å². The second-order valence-corrected chi connectivity index (χ2v) is 12.7. The van der Waals surface area contributed by atoms with Gasteiger partial charge in [-0.2, -0.15) is 0 Å². The van der Waals surface area contributed by atoms with Gasteiger partial charge in [0.25, 0.3) is 11.8 Å². The Morgan fingerprint density at radius 3 is 1.31 bits per heavy atom. The first-order valence-electron chi connectivity index (χ1n) is 15.0. The van der Waals surface area contributed by atoms with Gasteiger partial charge in [0.05, 0.1) is 0 Å². The highest BCUT2D eigenvalue weighted by molar-refractivity contribution is 5.83. The molecule has 8 heteroatoms. The van der Waals surface area contributed by atoms with Crippen molar-refractivity contribution in [2.75, 3.05) is 13.1 Å². The van der Waals surface area contributed by atoms with Crippen LogP contribution < -0.4 is 21.3 Å². The SMILES string of the molecule is O=C(NC12CCC(NC(=O)C3CNC(C4CCCCC4)O3)(CC1)CC2)C1CNC(C2CCCCC2)O1. The van der Waals surface area contributed by atoms with Crippen LogP contribution in [-0.2, 0) is 19.1 Å². The number of rotatable bonds is 6. The number of hydrogen-bond donors (Lipinski definition) is 4. The lowest BCUT2D eigenvalue weighted by atomic mass is 9.61. The zero-order chi connectivity index (χ0) is 24.6. The first kappa shape index (κ1) is 25.1. The van der Waals surface area contributed by atoms with Crippen LogP contribution >= 0.6 is 0 Å². The lowest BCUT2D eigenvalue weighted by Crippen LogP contribution is -2.65. The smallest absolute Gasteiger partial charge is 0.250 e. The molecule has 2 saturated heterocycles. The molecule has 2 bridgehead atoms. The molecule has 0 radical (unpaired) electrons. The Labute approximate surface area is 215 Å². The van der Waals surface area contributed by atoms with E-state index in [0.717, 1.165) is 38.5 Å². The Balaban J connectivity index is 0.969. The number of carbonyl (C=O) groups is 2. The molecule has 2 aliphatic heterocycles. The number of amides is 2. The molecule has 4 unspecified atom stereocenters. The van der Waals surface area contributed by atoms with Crippen molar-refractivity contribution in [3.8, 4) is 0 Å². The van der Waals surface area contributed by atoms with Crippen molar-refractivity contribution in [2.45, 2.75) is 138 Å². The largest absolute Gasteiger partial charge is 0.349 e. The molecular weight excluding hydrogens is 456 g/mol. The van der Waals surface area contributed by atoms with E-state index in [0.29, 0.717) is 24.9 Å². The van der Waals surface area contributed by atoms with Crippen molar-refractivity contribution in [1.82, 2.24) is 21.3 Å². The van der Waals surface area contributed by atoms with Crippen LogP contribution in [0.3, 0.4) is 0 Å². The highest BCUT2D eigenvalue weighted by Gasteiger charge is 2.51. The monoisotopic (exact) mass is 502 g/mol. The number of fused-ring (bicyclic) bond motifs is 3. The van der Waals surface area contributed by atoms with Crippen LogP contribution in [-0.4, -0.2) is 60.6 Å². The summed E-state index contributed by atoms with van der Waals surface area (Å²) in [6.07, 6.45) is 17.3. The molecule has 7 fully saturated rings. The van der Waals surface area contributed by atoms with E-state index >= 15 is 0 Å². The number of carbonyl (C=O) groups excluding carboxylic acids is 2. The maximum Gasteiger partial charge on any atom is 0.250 e. The second kappa shape index (κ2) is 10.5. The van der Waals surface area contributed by atoms with Crippen LogP contribution in [0.1, 0.15) is 103 Å². The zero-order valence-electron chi connectivity index (χ0n) is 21.8. The molecule has 8 nitrogen and oxygen atoms in total. The van der Waals surface area contributed by atoms with Gasteiger partial charge in [-0.1, -0.05) is 38.5 Å². The summed E-state index contributed by atoms with van der Waals surface area (Å²) in [5.41, 5.74) is -0.291. The van der Waals surface area contributed by atoms with Gasteiger partial charge in [-0.3, -0.25) is 20.2 Å². The maximum absolute atomic E-state index is 13.1. The molecule has 36 heavy (non-hydrogen) atoms. The Morgan fingerprint density at radius 2 is 0.944 bits per heavy atom. The zero-order valence-corrected chi connectivity index (χ0v) is 21.8. The van der Waals surface area contributed by atoms with E-state index in [1.807, 2.05) is 0 Å². The predicted molar refractivity (Wildman–Crippen MR) is 136 cm³/mol. The standard InChI is InChI=1S/C28H46N4O4/c33-23(21-17-29-25(35-21)19-7-3-1-4-8-19)31-27-11-14-28(15-12-27,16-13-27)32-24(34)22-18-30-26(36-22)20-9-5-2-6-10-20/h19-22,25-26,29-30H,1-18H2,(H,31,33)(H,32,34). The van der Waals surface area contributed by atoms with Crippen molar-refractivity contribution in [3.63, 3.8) is 0 Å². The summed E-state index contributed by atoms with van der Waals surface area (Å²) in [7, 11) is 0. The molecule has 0 spiro atoms. The summed E-state index contributed by atoms with van der Waals surface area (Å²) in [4.78, 5) is 26.3. The van der Waals surface area contributed by atoms with Gasteiger partial charge >= 0.3 is 0 Å². The van der Waals surface area contributed by atoms with Crippen molar-refractivity contribution in [1.29, 1.82) is 0 Å². The summed E-state index contributed by atoms with van der Waals surface area (Å²) in [5, 5.41) is 13.7. The highest BCUT2D eigenvalue weighted by Crippen LogP contribution is 2.47. The van der Waals surface area contributed by atoms with Crippen LogP contribution in [0.25, 0.3) is 0 Å². The third-order valence-electron chi connectivity index (χ3n) is 10.4. The molecule has 0 aromatic rings. The summed E-state index contributed by atoms with van der Waals surface area (Å²) in [6, 6.07) is 0. The van der Waals surface area contributed by atoms with Gasteiger partial charge in [0.2, 0.25) is 0 Å². The average Bonchev–Trinajstić information content (AvgIpc) is 3.62. The molecule has 7 rings (SSSR count). The van der Waals surface area contributed by atoms with E-state index in [1.165, 1.54) is 64.2 Å². The molecule has 0 aromatic carbocycles. The van der Waals surface area contributed by atoms with Gasteiger partial charge in [0.1, 0.15) is 12.5 Å². The van der Waals surface area contributed by atoms with Crippen molar-refractivity contribution < 1.29 is 19.1 Å². The van der Waals surface area contributed by atoms with Gasteiger partial charge in [0.15, 0.2) is 12.2 Å². The summed E-state index contributed by atoms with van der Waals surface area (Å²) >= 11 is 0. The van der Waals surface area contributed by atoms with E-state index in [-0.39, 0.29) is 47.6 Å². The Kier molecular flexibility index (Phi) is 7.32. The normalized spacial score (nSPS) is 41.9. The minimum absolute atomic E-state index is 0.0316. The van der Waals surface area contributed by atoms with Gasteiger partial charge in [-0.25, -0.2) is 0 Å². The van der Waals surface area contributed by atoms with E-state index in [1.54, 1.807) is 0 Å². The first-order valence-corrected chi connectivity index (χ1v) is 15.0. The predicted octanol–water partition coefficient (Wildman–Crippen LogP) is 2.85. The number of hydrogen-bond acceptors (Lipinski definition) is 6. The van der Waals surface area contributed by atoms with Gasteiger partial charge in [-0.15, -0.1) is 0 Å². The molecule has 2 heterocycles. The van der Waals surface area contributed by atoms with Crippen LogP contribution in [0.5, 0.6) is 0 Å². The fourth-order valence-electron chi connectivity index (χ4n) is 7.98. The van der Waals surface area contributed by atoms with Crippen LogP contribution in [0.15, 0.2) is 0 Å². The minimum atomic E-state index is -0.385. The topological polar surface area (TPSA) is 101 Å². The summed E-state index contributed by atoms with van der Waals surface area (Å²) < 4.78 is 12.4. The lowest BCUT2D eigenvalue weighted by molar-refractivity contribution is -0.140. The quantitative estimate of drug-likeness (QED) is 0.446. The van der Waals surface area contributed by atoms with E-state index in [9.17, 15) is 9.59 Å². The third kappa shape index (κ3) is 5.20. The average molecular weight is 503 g/mol. The third-order valence-corrected chi connectivity index (χ3v) is 10.4. The maximum atomic E-state index is 13.1. The molecule has 0 aromatic heterocycles. The van der Waals surface area contributed by atoms with E-state index in [4.69, 9.17) is 9.47 Å². The van der Waals surface area contributed by atoms with Gasteiger partial charge in [0, 0.05) is 24.2 Å². The van der Waals surface area contributed by atoms with E-state index in [2.05, 4.69) is 21.3 Å². The van der Waals surface area contributed by atoms with Crippen molar-refractivity contribution >= 4 is 11.8 Å².